The minimum atomic E-state index is -0.438. The molecule has 0 bridgehead atoms. The highest BCUT2D eigenvalue weighted by molar-refractivity contribution is 6.33. The van der Waals surface area contributed by atoms with Crippen LogP contribution in [0.2, 0.25) is 5.02 Å². The van der Waals surface area contributed by atoms with E-state index in [1.165, 1.54) is 18.2 Å². The van der Waals surface area contributed by atoms with Gasteiger partial charge in [-0.05, 0) is 37.6 Å². The predicted molar refractivity (Wildman–Crippen MR) is 87.5 cm³/mol. The molecule has 0 radical (unpaired) electrons. The molecule has 2 atom stereocenters. The van der Waals surface area contributed by atoms with E-state index in [0.29, 0.717) is 5.69 Å². The zero-order valence-electron chi connectivity index (χ0n) is 12.4. The van der Waals surface area contributed by atoms with Gasteiger partial charge in [0.15, 0.2) is 0 Å². The lowest BCUT2D eigenvalue weighted by Crippen LogP contribution is -2.39. The maximum absolute atomic E-state index is 13.0. The van der Waals surface area contributed by atoms with Crippen molar-refractivity contribution in [1.82, 2.24) is 5.32 Å². The van der Waals surface area contributed by atoms with Gasteiger partial charge >= 0.3 is 0 Å². The van der Waals surface area contributed by atoms with Gasteiger partial charge in [-0.15, -0.1) is 0 Å². The van der Waals surface area contributed by atoms with E-state index in [0.717, 1.165) is 5.56 Å². The molecule has 116 valence electrons. The molecule has 1 amide bonds. The van der Waals surface area contributed by atoms with Crippen LogP contribution in [0.5, 0.6) is 0 Å². The summed E-state index contributed by atoms with van der Waals surface area (Å²) < 4.78 is 13.0. The maximum Gasteiger partial charge on any atom is 0.241 e. The Labute approximate surface area is 134 Å². The van der Waals surface area contributed by atoms with Crippen LogP contribution in [0.3, 0.4) is 0 Å². The van der Waals surface area contributed by atoms with Crippen molar-refractivity contribution in [3.05, 3.63) is 64.9 Å². The molecule has 0 spiro atoms. The lowest BCUT2D eigenvalue weighted by atomic mass is 10.1. The molecular weight excluding hydrogens is 303 g/mol. The van der Waals surface area contributed by atoms with Gasteiger partial charge in [0.05, 0.1) is 16.8 Å². The highest BCUT2D eigenvalue weighted by Gasteiger charge is 2.17. The van der Waals surface area contributed by atoms with Crippen molar-refractivity contribution in [3.63, 3.8) is 0 Å². The molecule has 0 heterocycles. The first-order chi connectivity index (χ1) is 10.5. The van der Waals surface area contributed by atoms with E-state index < -0.39 is 11.9 Å². The number of rotatable bonds is 5. The summed E-state index contributed by atoms with van der Waals surface area (Å²) in [5.41, 5.74) is 1.50. The van der Waals surface area contributed by atoms with E-state index in [2.05, 4.69) is 10.6 Å². The first kappa shape index (κ1) is 16.5. The van der Waals surface area contributed by atoms with Crippen molar-refractivity contribution >= 4 is 23.2 Å². The van der Waals surface area contributed by atoms with Gasteiger partial charge in [0.2, 0.25) is 5.91 Å². The third kappa shape index (κ3) is 4.29. The number of hydrogen-bond acceptors (Lipinski definition) is 2. The predicted octanol–water partition coefficient (Wildman–Crippen LogP) is 4.16. The summed E-state index contributed by atoms with van der Waals surface area (Å²) in [5, 5.41) is 6.09. The fourth-order valence-electron chi connectivity index (χ4n) is 2.12. The minimum Gasteiger partial charge on any atom is -0.323 e. The normalized spacial score (nSPS) is 13.5. The topological polar surface area (TPSA) is 41.1 Å². The number of hydrogen-bond donors (Lipinski definition) is 2. The van der Waals surface area contributed by atoms with E-state index in [4.69, 9.17) is 11.6 Å². The molecule has 0 saturated heterocycles. The average molecular weight is 321 g/mol. The number of benzene rings is 2. The third-order valence-corrected chi connectivity index (χ3v) is 3.69. The third-order valence-electron chi connectivity index (χ3n) is 3.38. The molecule has 2 N–H and O–H groups in total. The molecule has 0 aliphatic rings. The Morgan fingerprint density at radius 3 is 2.45 bits per heavy atom. The molecule has 3 nitrogen and oxygen atoms in total. The molecule has 0 unspecified atom stereocenters. The number of carbonyl (C=O) groups excluding carboxylic acids is 1. The second-order valence-electron chi connectivity index (χ2n) is 5.13. The fraction of sp³-hybridized carbons (Fsp3) is 0.235. The molecule has 2 aromatic rings. The van der Waals surface area contributed by atoms with E-state index in [9.17, 15) is 9.18 Å². The van der Waals surface area contributed by atoms with Gasteiger partial charge in [-0.3, -0.25) is 10.1 Å². The van der Waals surface area contributed by atoms with Gasteiger partial charge in [-0.25, -0.2) is 4.39 Å². The van der Waals surface area contributed by atoms with Crippen LogP contribution in [0.4, 0.5) is 10.1 Å². The molecule has 2 aromatic carbocycles. The van der Waals surface area contributed by atoms with E-state index >= 15 is 0 Å². The lowest BCUT2D eigenvalue weighted by Gasteiger charge is -2.20. The molecule has 22 heavy (non-hydrogen) atoms. The molecule has 5 heteroatoms. The summed E-state index contributed by atoms with van der Waals surface area (Å²) in [4.78, 5) is 12.2. The Hall–Kier alpha value is -1.91. The first-order valence-corrected chi connectivity index (χ1v) is 7.42. The summed E-state index contributed by atoms with van der Waals surface area (Å²) in [5.74, 6) is -0.664. The van der Waals surface area contributed by atoms with Crippen LogP contribution in [0.15, 0.2) is 48.5 Å². The van der Waals surface area contributed by atoms with Gasteiger partial charge in [0, 0.05) is 6.04 Å². The number of carbonyl (C=O) groups is 1. The van der Waals surface area contributed by atoms with E-state index in [-0.39, 0.29) is 17.0 Å². The minimum absolute atomic E-state index is 0.0330. The van der Waals surface area contributed by atoms with Crippen LogP contribution in [0, 0.1) is 5.82 Å². The maximum atomic E-state index is 13.0. The zero-order valence-corrected chi connectivity index (χ0v) is 13.2. The Bertz CT molecular complexity index is 648. The standard InChI is InChI=1S/C17H18ClFN2O/c1-11(13-6-4-3-5-7-13)20-12(2)17(22)21-16-9-8-14(19)10-15(16)18/h3-12,20H,1-2H3,(H,21,22)/t11-,12-/m1/s1. The SMILES string of the molecule is C[C@@H](N[C@H](C)c1ccccc1)C(=O)Nc1ccc(F)cc1Cl. The molecular formula is C17H18ClFN2O. The summed E-state index contributed by atoms with van der Waals surface area (Å²) in [6.07, 6.45) is 0. The first-order valence-electron chi connectivity index (χ1n) is 7.04. The lowest BCUT2D eigenvalue weighted by molar-refractivity contribution is -0.117. The second kappa shape index (κ2) is 7.38. The number of halogens is 2. The van der Waals surface area contributed by atoms with Gasteiger partial charge < -0.3 is 5.32 Å². The van der Waals surface area contributed by atoms with Crippen LogP contribution in [-0.2, 0) is 4.79 Å². The fourth-order valence-corrected chi connectivity index (χ4v) is 2.33. The van der Waals surface area contributed by atoms with Crippen LogP contribution >= 0.6 is 11.6 Å². The second-order valence-corrected chi connectivity index (χ2v) is 5.54. The van der Waals surface area contributed by atoms with Gasteiger partial charge in [0.1, 0.15) is 5.82 Å². The summed E-state index contributed by atoms with van der Waals surface area (Å²) >= 11 is 5.90. The van der Waals surface area contributed by atoms with Crippen molar-refractivity contribution in [2.45, 2.75) is 25.9 Å². The summed E-state index contributed by atoms with van der Waals surface area (Å²) in [6, 6.07) is 13.3. The molecule has 0 saturated carbocycles. The smallest absolute Gasteiger partial charge is 0.241 e. The largest absolute Gasteiger partial charge is 0.323 e. The van der Waals surface area contributed by atoms with Crippen LogP contribution in [-0.4, -0.2) is 11.9 Å². The van der Waals surface area contributed by atoms with Crippen LogP contribution in [0.25, 0.3) is 0 Å². The Kier molecular flexibility index (Phi) is 5.52. The van der Waals surface area contributed by atoms with E-state index in [1.54, 1.807) is 6.92 Å². The van der Waals surface area contributed by atoms with Crippen molar-refractivity contribution in [2.75, 3.05) is 5.32 Å². The Morgan fingerprint density at radius 1 is 1.14 bits per heavy atom. The van der Waals surface area contributed by atoms with Crippen LogP contribution in [0.1, 0.15) is 25.5 Å². The summed E-state index contributed by atoms with van der Waals surface area (Å²) in [7, 11) is 0. The highest BCUT2D eigenvalue weighted by atomic mass is 35.5. The number of nitrogens with one attached hydrogen (secondary N) is 2. The average Bonchev–Trinajstić information content (AvgIpc) is 2.50. The summed E-state index contributed by atoms with van der Waals surface area (Å²) in [6.45, 7) is 3.76. The quantitative estimate of drug-likeness (QED) is 0.868. The monoisotopic (exact) mass is 320 g/mol. The van der Waals surface area contributed by atoms with Crippen molar-refractivity contribution in [1.29, 1.82) is 0 Å². The highest BCUT2D eigenvalue weighted by Crippen LogP contribution is 2.22. The molecule has 0 aliphatic heterocycles. The van der Waals surface area contributed by atoms with Crippen molar-refractivity contribution in [3.8, 4) is 0 Å². The zero-order chi connectivity index (χ0) is 16.1. The number of amides is 1. The van der Waals surface area contributed by atoms with Gasteiger partial charge in [-0.1, -0.05) is 41.9 Å². The Morgan fingerprint density at radius 2 is 1.82 bits per heavy atom. The van der Waals surface area contributed by atoms with Gasteiger partial charge in [-0.2, -0.15) is 0 Å². The molecule has 0 aliphatic carbocycles. The van der Waals surface area contributed by atoms with E-state index in [1.807, 2.05) is 37.3 Å². The number of anilines is 1. The van der Waals surface area contributed by atoms with Gasteiger partial charge in [0.25, 0.3) is 0 Å². The Balaban J connectivity index is 1.97. The van der Waals surface area contributed by atoms with Crippen molar-refractivity contribution in [2.24, 2.45) is 0 Å². The molecule has 0 aromatic heterocycles. The van der Waals surface area contributed by atoms with Crippen LogP contribution < -0.4 is 10.6 Å². The molecule has 0 fully saturated rings. The molecule has 2 rings (SSSR count). The van der Waals surface area contributed by atoms with Crippen molar-refractivity contribution < 1.29 is 9.18 Å².